The van der Waals surface area contributed by atoms with E-state index < -0.39 is 5.82 Å². The van der Waals surface area contributed by atoms with Gasteiger partial charge in [-0.2, -0.15) is 0 Å². The van der Waals surface area contributed by atoms with E-state index in [0.717, 1.165) is 6.42 Å². The Morgan fingerprint density at radius 1 is 1.44 bits per heavy atom. The maximum absolute atomic E-state index is 13.1. The van der Waals surface area contributed by atoms with Crippen LogP contribution in [0.1, 0.15) is 13.3 Å². The van der Waals surface area contributed by atoms with E-state index in [2.05, 4.69) is 10.3 Å². The lowest BCUT2D eigenvalue weighted by Crippen LogP contribution is -2.22. The number of nitrogens with two attached hydrogens (primary N) is 1. The summed E-state index contributed by atoms with van der Waals surface area (Å²) in [5.41, 5.74) is 6.10. The number of hydrogen-bond donors (Lipinski definition) is 2. The van der Waals surface area contributed by atoms with Crippen molar-refractivity contribution in [2.45, 2.75) is 13.3 Å². The molecule has 0 fully saturated rings. The van der Waals surface area contributed by atoms with Crippen molar-refractivity contribution < 1.29 is 4.39 Å². The van der Waals surface area contributed by atoms with Crippen LogP contribution in [-0.2, 0) is 0 Å². The van der Waals surface area contributed by atoms with Crippen LogP contribution in [0.5, 0.6) is 0 Å². The molecular weight excluding hydrogens is 252 g/mol. The van der Waals surface area contributed by atoms with Crippen LogP contribution in [0.25, 0.3) is 0 Å². The lowest BCUT2D eigenvalue weighted by atomic mass is 10.3. The second kappa shape index (κ2) is 5.92. The molecule has 0 unspecified atom stereocenters. The van der Waals surface area contributed by atoms with Gasteiger partial charge >= 0.3 is 0 Å². The van der Waals surface area contributed by atoms with E-state index in [9.17, 15) is 4.39 Å². The minimum Gasteiger partial charge on any atom is -0.370 e. The van der Waals surface area contributed by atoms with E-state index in [0.29, 0.717) is 12.2 Å². The molecule has 0 atom stereocenters. The predicted molar refractivity (Wildman–Crippen MR) is 66.8 cm³/mol. The third kappa shape index (κ3) is 3.54. The minimum absolute atomic E-state index is 0.0571. The summed E-state index contributed by atoms with van der Waals surface area (Å²) in [6.45, 7) is 2.61. The quantitative estimate of drug-likeness (QED) is 0.500. The van der Waals surface area contributed by atoms with Crippen molar-refractivity contribution in [1.82, 2.24) is 0 Å². The molecule has 3 nitrogen and oxygen atoms in total. The van der Waals surface area contributed by atoms with E-state index in [4.69, 9.17) is 28.9 Å². The lowest BCUT2D eigenvalue weighted by molar-refractivity contribution is 0.629. The Morgan fingerprint density at radius 3 is 2.50 bits per heavy atom. The van der Waals surface area contributed by atoms with Gasteiger partial charge in [0, 0.05) is 12.2 Å². The number of halogens is 3. The molecule has 0 saturated carbocycles. The summed E-state index contributed by atoms with van der Waals surface area (Å²) in [6, 6.07) is 2.80. The van der Waals surface area contributed by atoms with Crippen LogP contribution in [0.4, 0.5) is 10.1 Å². The SMILES string of the molecule is CCCN=C(N)Nc1cc(Cl)c(F)c(Cl)c1. The Morgan fingerprint density at radius 2 is 2.00 bits per heavy atom. The highest BCUT2D eigenvalue weighted by Gasteiger charge is 2.07. The molecule has 0 aliphatic carbocycles. The Balaban J connectivity index is 2.82. The molecule has 0 bridgehead atoms. The van der Waals surface area contributed by atoms with Gasteiger partial charge in [0.15, 0.2) is 11.8 Å². The molecule has 0 saturated heterocycles. The fraction of sp³-hybridized carbons (Fsp3) is 0.300. The second-order valence-corrected chi connectivity index (χ2v) is 3.96. The smallest absolute Gasteiger partial charge is 0.193 e. The first-order valence-electron chi connectivity index (χ1n) is 4.76. The fourth-order valence-electron chi connectivity index (χ4n) is 1.05. The van der Waals surface area contributed by atoms with Crippen molar-refractivity contribution in [1.29, 1.82) is 0 Å². The third-order valence-corrected chi connectivity index (χ3v) is 2.31. The highest BCUT2D eigenvalue weighted by molar-refractivity contribution is 6.35. The highest BCUT2D eigenvalue weighted by Crippen LogP contribution is 2.27. The van der Waals surface area contributed by atoms with E-state index in [-0.39, 0.29) is 16.0 Å². The summed E-state index contributed by atoms with van der Waals surface area (Å²) >= 11 is 11.3. The number of anilines is 1. The molecule has 88 valence electrons. The predicted octanol–water partition coefficient (Wildman–Crippen LogP) is 3.27. The van der Waals surface area contributed by atoms with Gasteiger partial charge in [0.05, 0.1) is 10.0 Å². The topological polar surface area (TPSA) is 50.4 Å². The minimum atomic E-state index is -0.641. The van der Waals surface area contributed by atoms with Gasteiger partial charge in [0.1, 0.15) is 0 Å². The van der Waals surface area contributed by atoms with E-state index >= 15 is 0 Å². The van der Waals surface area contributed by atoms with E-state index in [1.54, 1.807) is 0 Å². The van der Waals surface area contributed by atoms with Crippen molar-refractivity contribution >= 4 is 34.8 Å². The van der Waals surface area contributed by atoms with Crippen molar-refractivity contribution in [2.75, 3.05) is 11.9 Å². The molecule has 0 spiro atoms. The van der Waals surface area contributed by atoms with Crippen molar-refractivity contribution in [3.63, 3.8) is 0 Å². The molecule has 0 aliphatic rings. The van der Waals surface area contributed by atoms with Crippen LogP contribution >= 0.6 is 23.2 Å². The monoisotopic (exact) mass is 263 g/mol. The summed E-state index contributed by atoms with van der Waals surface area (Å²) in [6.07, 6.45) is 0.896. The van der Waals surface area contributed by atoms with Crippen molar-refractivity contribution in [2.24, 2.45) is 10.7 Å². The average Bonchev–Trinajstić information content (AvgIpc) is 2.23. The molecule has 16 heavy (non-hydrogen) atoms. The lowest BCUT2D eigenvalue weighted by Gasteiger charge is -2.07. The number of benzene rings is 1. The number of nitrogens with zero attached hydrogens (tertiary/aromatic N) is 1. The third-order valence-electron chi connectivity index (χ3n) is 1.76. The van der Waals surface area contributed by atoms with Gasteiger partial charge in [-0.1, -0.05) is 30.1 Å². The second-order valence-electron chi connectivity index (χ2n) is 3.15. The van der Waals surface area contributed by atoms with Crippen LogP contribution < -0.4 is 11.1 Å². The first kappa shape index (κ1) is 13.1. The van der Waals surface area contributed by atoms with Gasteiger partial charge in [0.2, 0.25) is 0 Å². The molecule has 0 aliphatic heterocycles. The first-order chi connectivity index (χ1) is 7.54. The molecule has 1 rings (SSSR count). The van der Waals surface area contributed by atoms with Crippen LogP contribution in [0.15, 0.2) is 17.1 Å². The summed E-state index contributed by atoms with van der Waals surface area (Å²) in [5, 5.41) is 2.66. The molecule has 6 heteroatoms. The molecule has 0 heterocycles. The number of aliphatic imine (C=N–C) groups is 1. The highest BCUT2D eigenvalue weighted by atomic mass is 35.5. The maximum atomic E-state index is 13.1. The van der Waals surface area contributed by atoms with Gasteiger partial charge in [-0.25, -0.2) is 4.39 Å². The molecular formula is C10H12Cl2FN3. The summed E-state index contributed by atoms with van der Waals surface area (Å²) in [4.78, 5) is 4.02. The van der Waals surface area contributed by atoms with Gasteiger partial charge in [0.25, 0.3) is 0 Å². The van der Waals surface area contributed by atoms with E-state index in [1.807, 2.05) is 6.92 Å². The van der Waals surface area contributed by atoms with Gasteiger partial charge in [-0.3, -0.25) is 4.99 Å². The van der Waals surface area contributed by atoms with Gasteiger partial charge in [-0.05, 0) is 18.6 Å². The van der Waals surface area contributed by atoms with Crippen LogP contribution in [-0.4, -0.2) is 12.5 Å². The average molecular weight is 264 g/mol. The molecule has 0 radical (unpaired) electrons. The molecule has 3 N–H and O–H groups in total. The number of guanidine groups is 1. The standard InChI is InChI=1S/C10H12Cl2FN3/c1-2-3-15-10(14)16-6-4-7(11)9(13)8(12)5-6/h4-5H,2-3H2,1H3,(H3,14,15,16). The largest absolute Gasteiger partial charge is 0.370 e. The zero-order chi connectivity index (χ0) is 12.1. The molecule has 1 aromatic rings. The normalized spacial score (nSPS) is 11.6. The Bertz CT molecular complexity index is 384. The first-order valence-corrected chi connectivity index (χ1v) is 5.51. The van der Waals surface area contributed by atoms with Gasteiger partial charge in [-0.15, -0.1) is 0 Å². The molecule has 1 aromatic carbocycles. The zero-order valence-electron chi connectivity index (χ0n) is 8.73. The number of hydrogen-bond acceptors (Lipinski definition) is 1. The zero-order valence-corrected chi connectivity index (χ0v) is 10.2. The van der Waals surface area contributed by atoms with Crippen molar-refractivity contribution in [3.8, 4) is 0 Å². The summed E-state index contributed by atoms with van der Waals surface area (Å²) in [5.74, 6) is -0.390. The van der Waals surface area contributed by atoms with Crippen LogP contribution in [0.3, 0.4) is 0 Å². The molecule has 0 amide bonds. The Kier molecular flexibility index (Phi) is 4.83. The summed E-state index contributed by atoms with van der Waals surface area (Å²) < 4.78 is 13.1. The molecule has 0 aromatic heterocycles. The number of rotatable bonds is 3. The Hall–Kier alpha value is -1.00. The van der Waals surface area contributed by atoms with E-state index in [1.165, 1.54) is 12.1 Å². The van der Waals surface area contributed by atoms with Crippen LogP contribution in [0.2, 0.25) is 10.0 Å². The fourth-order valence-corrected chi connectivity index (χ4v) is 1.53. The number of nitrogens with one attached hydrogen (secondary N) is 1. The summed E-state index contributed by atoms with van der Waals surface area (Å²) in [7, 11) is 0. The maximum Gasteiger partial charge on any atom is 0.193 e. The Labute approximate surface area is 103 Å². The van der Waals surface area contributed by atoms with Gasteiger partial charge < -0.3 is 11.1 Å². The van der Waals surface area contributed by atoms with Crippen LogP contribution in [0, 0.1) is 5.82 Å². The van der Waals surface area contributed by atoms with Crippen molar-refractivity contribution in [3.05, 3.63) is 28.0 Å².